The van der Waals surface area contributed by atoms with Gasteiger partial charge in [-0.3, -0.25) is 0 Å². The minimum absolute atomic E-state index is 0.00678. The van der Waals surface area contributed by atoms with Crippen LogP contribution in [0.3, 0.4) is 0 Å². The lowest BCUT2D eigenvalue weighted by Gasteiger charge is -2.11. The van der Waals surface area contributed by atoms with Gasteiger partial charge in [-0.25, -0.2) is 9.59 Å². The van der Waals surface area contributed by atoms with Crippen LogP contribution in [0.2, 0.25) is 0 Å². The van der Waals surface area contributed by atoms with Crippen LogP contribution in [-0.4, -0.2) is 48.6 Å². The summed E-state index contributed by atoms with van der Waals surface area (Å²) in [7, 11) is 1.33. The minimum Gasteiger partial charge on any atom is -0.466 e. The molecule has 0 aromatic rings. The molecular formula is C14H24O6. The summed E-state index contributed by atoms with van der Waals surface area (Å²) >= 11 is 0. The van der Waals surface area contributed by atoms with Crippen LogP contribution in [0.4, 0.5) is 0 Å². The summed E-state index contributed by atoms with van der Waals surface area (Å²) in [4.78, 5) is 21.2. The van der Waals surface area contributed by atoms with E-state index in [1.807, 2.05) is 0 Å². The summed E-state index contributed by atoms with van der Waals surface area (Å²) < 4.78 is 8.92. The number of ether oxygens (including phenoxy) is 2. The van der Waals surface area contributed by atoms with Crippen LogP contribution in [0, 0.1) is 0 Å². The molecule has 116 valence electrons. The van der Waals surface area contributed by atoms with Gasteiger partial charge in [0.25, 0.3) is 0 Å². The van der Waals surface area contributed by atoms with Crippen molar-refractivity contribution in [2.24, 2.45) is 0 Å². The number of methoxy groups -OCH3 is 1. The molecule has 0 amide bonds. The zero-order chi connectivity index (χ0) is 16.1. The molecule has 1 unspecified atom stereocenters. The van der Waals surface area contributed by atoms with E-state index in [1.54, 1.807) is 13.8 Å². The topological polar surface area (TPSA) is 93.1 Å². The third kappa shape index (κ3) is 10.3. The summed E-state index contributed by atoms with van der Waals surface area (Å²) in [6.45, 7) is 10.3. The van der Waals surface area contributed by atoms with Crippen molar-refractivity contribution in [3.63, 3.8) is 0 Å². The molecule has 0 rings (SSSR count). The van der Waals surface area contributed by atoms with E-state index in [2.05, 4.69) is 22.6 Å². The molecule has 6 heteroatoms. The third-order valence-corrected chi connectivity index (χ3v) is 2.11. The second-order valence-corrected chi connectivity index (χ2v) is 3.90. The molecule has 0 saturated carbocycles. The molecular weight excluding hydrogens is 264 g/mol. The lowest BCUT2D eigenvalue weighted by Crippen LogP contribution is -2.19. The van der Waals surface area contributed by atoms with Crippen molar-refractivity contribution in [3.05, 3.63) is 24.3 Å². The number of rotatable bonds is 7. The monoisotopic (exact) mass is 288 g/mol. The Morgan fingerprint density at radius 3 is 2.10 bits per heavy atom. The molecule has 0 saturated heterocycles. The number of hydrogen-bond donors (Lipinski definition) is 2. The van der Waals surface area contributed by atoms with Crippen LogP contribution in [0.5, 0.6) is 0 Å². The molecule has 0 aromatic heterocycles. The summed E-state index contributed by atoms with van der Waals surface area (Å²) in [5.41, 5.74) is 0.484. The first kappa shape index (κ1) is 20.7. The van der Waals surface area contributed by atoms with E-state index in [1.165, 1.54) is 7.11 Å². The fourth-order valence-corrected chi connectivity index (χ4v) is 0.993. The van der Waals surface area contributed by atoms with Gasteiger partial charge in [0.1, 0.15) is 0 Å². The Kier molecular flexibility index (Phi) is 12.8. The molecule has 6 nitrogen and oxygen atoms in total. The summed E-state index contributed by atoms with van der Waals surface area (Å²) in [5.74, 6) is -0.923. The first-order valence-electron chi connectivity index (χ1n) is 6.20. The highest BCUT2D eigenvalue weighted by Crippen LogP contribution is 2.08. The smallest absolute Gasteiger partial charge is 0.336 e. The largest absolute Gasteiger partial charge is 0.466 e. The van der Waals surface area contributed by atoms with Crippen molar-refractivity contribution >= 4 is 11.9 Å². The molecule has 0 aromatic carbocycles. The van der Waals surface area contributed by atoms with E-state index >= 15 is 0 Å². The Morgan fingerprint density at radius 1 is 1.25 bits per heavy atom. The molecule has 1 atom stereocenters. The van der Waals surface area contributed by atoms with Gasteiger partial charge in [-0.05, 0) is 26.7 Å². The summed E-state index contributed by atoms with van der Waals surface area (Å²) in [6.07, 6.45) is -0.139. The predicted octanol–water partition coefficient (Wildman–Crippen LogP) is 0.975. The lowest BCUT2D eigenvalue weighted by atomic mass is 10.1. The fraction of sp³-hybridized carbons (Fsp3) is 0.571. The second-order valence-electron chi connectivity index (χ2n) is 3.90. The van der Waals surface area contributed by atoms with E-state index < -0.39 is 12.1 Å². The average Bonchev–Trinajstić information content (AvgIpc) is 2.43. The number of aliphatic hydroxyl groups excluding tert-OH is 2. The third-order valence-electron chi connectivity index (χ3n) is 2.11. The van der Waals surface area contributed by atoms with Gasteiger partial charge < -0.3 is 19.7 Å². The van der Waals surface area contributed by atoms with Gasteiger partial charge in [-0.2, -0.15) is 0 Å². The van der Waals surface area contributed by atoms with E-state index in [0.717, 1.165) is 0 Å². The van der Waals surface area contributed by atoms with E-state index in [4.69, 9.17) is 5.11 Å². The van der Waals surface area contributed by atoms with Crippen LogP contribution < -0.4 is 0 Å². The first-order chi connectivity index (χ1) is 9.31. The van der Waals surface area contributed by atoms with Crippen LogP contribution in [-0.2, 0) is 19.1 Å². The van der Waals surface area contributed by atoms with E-state index in [-0.39, 0.29) is 24.8 Å². The highest BCUT2D eigenvalue weighted by atomic mass is 16.5. The maximum Gasteiger partial charge on any atom is 0.336 e. The van der Waals surface area contributed by atoms with Crippen LogP contribution >= 0.6 is 0 Å². The van der Waals surface area contributed by atoms with E-state index in [9.17, 15) is 14.7 Å². The van der Waals surface area contributed by atoms with Crippen molar-refractivity contribution in [1.29, 1.82) is 0 Å². The highest BCUT2D eigenvalue weighted by molar-refractivity contribution is 5.88. The molecule has 0 bridgehead atoms. The maximum absolute atomic E-state index is 11.0. The number of hydrogen-bond acceptors (Lipinski definition) is 6. The Bertz CT molecular complexity index is 335. The van der Waals surface area contributed by atoms with Gasteiger partial charge >= 0.3 is 11.9 Å². The molecule has 20 heavy (non-hydrogen) atoms. The number of carbonyl (C=O) groups is 2. The Morgan fingerprint density at radius 2 is 1.80 bits per heavy atom. The zero-order valence-corrected chi connectivity index (χ0v) is 12.3. The van der Waals surface area contributed by atoms with Crippen molar-refractivity contribution in [3.8, 4) is 0 Å². The van der Waals surface area contributed by atoms with Gasteiger partial charge in [0.15, 0.2) is 0 Å². The minimum atomic E-state index is -0.911. The molecule has 0 aliphatic heterocycles. The first-order valence-corrected chi connectivity index (χ1v) is 6.20. The molecule has 0 spiro atoms. The Balaban J connectivity index is 0. The summed E-state index contributed by atoms with van der Waals surface area (Å²) in [6, 6.07) is 0. The van der Waals surface area contributed by atoms with Crippen molar-refractivity contribution in [2.75, 3.05) is 20.3 Å². The SMILES string of the molecule is C=C(C(=O)OCC)C(O)CCCO.C=C(C)C(=O)OC. The van der Waals surface area contributed by atoms with Gasteiger partial charge in [0.2, 0.25) is 0 Å². The van der Waals surface area contributed by atoms with Crippen LogP contribution in [0.15, 0.2) is 24.3 Å². The molecule has 2 N–H and O–H groups in total. The lowest BCUT2D eigenvalue weighted by molar-refractivity contribution is -0.139. The molecule has 0 aliphatic carbocycles. The van der Waals surface area contributed by atoms with Crippen molar-refractivity contribution < 1.29 is 29.3 Å². The van der Waals surface area contributed by atoms with Gasteiger partial charge in [-0.1, -0.05) is 13.2 Å². The van der Waals surface area contributed by atoms with Crippen LogP contribution in [0.1, 0.15) is 26.7 Å². The summed E-state index contributed by atoms with van der Waals surface area (Å²) in [5, 5.41) is 17.8. The average molecular weight is 288 g/mol. The normalized spacial score (nSPS) is 10.7. The van der Waals surface area contributed by atoms with Gasteiger partial charge in [0.05, 0.1) is 25.4 Å². The molecule has 0 radical (unpaired) electrons. The maximum atomic E-state index is 11.0. The van der Waals surface area contributed by atoms with Crippen molar-refractivity contribution in [1.82, 2.24) is 0 Å². The standard InChI is InChI=1S/C9H16O4.C5H8O2/c1-3-13-9(12)7(2)8(11)5-4-6-10;1-4(2)5(6)7-3/h8,10-11H,2-6H2,1H3;1H2,2-3H3. The highest BCUT2D eigenvalue weighted by Gasteiger charge is 2.16. The second kappa shape index (κ2) is 12.4. The quantitative estimate of drug-likeness (QED) is 0.536. The van der Waals surface area contributed by atoms with Crippen molar-refractivity contribution in [2.45, 2.75) is 32.8 Å². The molecule has 0 aliphatic rings. The van der Waals surface area contributed by atoms with Crippen LogP contribution in [0.25, 0.3) is 0 Å². The number of esters is 2. The fourth-order valence-electron chi connectivity index (χ4n) is 0.993. The van der Waals surface area contributed by atoms with E-state index in [0.29, 0.717) is 18.4 Å². The number of carbonyl (C=O) groups excluding carboxylic acids is 2. The van der Waals surface area contributed by atoms with Gasteiger partial charge in [0, 0.05) is 12.2 Å². The zero-order valence-electron chi connectivity index (χ0n) is 12.3. The Hall–Kier alpha value is -1.66. The predicted molar refractivity (Wildman–Crippen MR) is 74.9 cm³/mol. The number of aliphatic hydroxyl groups is 2. The Labute approximate surface area is 119 Å². The molecule has 0 heterocycles. The van der Waals surface area contributed by atoms with Gasteiger partial charge in [-0.15, -0.1) is 0 Å². The molecule has 0 fully saturated rings.